The number of nitrogens with zero attached hydrogens (tertiary/aromatic N) is 1. The van der Waals surface area contributed by atoms with Crippen LogP contribution in [0.25, 0.3) is 0 Å². The molecule has 190 valence electrons. The molecular formula is C23H41N3O7. The molecule has 0 aliphatic carbocycles. The average Bonchev–Trinajstić information content (AvgIpc) is 3.17. The predicted molar refractivity (Wildman–Crippen MR) is 122 cm³/mol. The van der Waals surface area contributed by atoms with Gasteiger partial charge in [0, 0.05) is 6.54 Å². The van der Waals surface area contributed by atoms with Crippen molar-refractivity contribution in [1.29, 1.82) is 0 Å². The lowest BCUT2D eigenvalue weighted by molar-refractivity contribution is -0.156. The van der Waals surface area contributed by atoms with Crippen LogP contribution in [0.3, 0.4) is 0 Å². The second-order valence-electron chi connectivity index (χ2n) is 10.0. The van der Waals surface area contributed by atoms with E-state index in [4.69, 9.17) is 9.47 Å². The molecule has 1 saturated heterocycles. The molecule has 0 aromatic carbocycles. The standard InChI is InChI=1S/C23H41N3O7/c1-9-32-21(30)18(27)16(13(2)3)24-19(28)15-11-10-12-26(15)20(29)17(14(4)5)25-22(31)33-23(6,7)8/h13-18,27H,9-12H2,1-8H3,(H,24,28)(H,25,31)/t15-,16?,17-,18?/m0/s1. The van der Waals surface area contributed by atoms with Crippen LogP contribution in [0.1, 0.15) is 68.2 Å². The highest BCUT2D eigenvalue weighted by molar-refractivity contribution is 5.92. The third-order valence-electron chi connectivity index (χ3n) is 5.34. The molecule has 3 amide bonds. The number of esters is 1. The molecule has 0 radical (unpaired) electrons. The van der Waals surface area contributed by atoms with Gasteiger partial charge in [-0.05, 0) is 52.4 Å². The monoisotopic (exact) mass is 471 g/mol. The van der Waals surface area contributed by atoms with E-state index >= 15 is 0 Å². The Hall–Kier alpha value is -2.36. The van der Waals surface area contributed by atoms with Gasteiger partial charge in [-0.1, -0.05) is 27.7 Å². The minimum Gasteiger partial charge on any atom is -0.464 e. The fourth-order valence-electron chi connectivity index (χ4n) is 3.67. The topological polar surface area (TPSA) is 134 Å². The van der Waals surface area contributed by atoms with Crippen LogP contribution in [0.4, 0.5) is 4.79 Å². The molecule has 33 heavy (non-hydrogen) atoms. The molecule has 0 bridgehead atoms. The third kappa shape index (κ3) is 8.49. The van der Waals surface area contributed by atoms with Gasteiger partial charge in [0.2, 0.25) is 11.8 Å². The molecule has 0 aromatic heterocycles. The summed E-state index contributed by atoms with van der Waals surface area (Å²) < 4.78 is 10.2. The Morgan fingerprint density at radius 2 is 1.67 bits per heavy atom. The molecule has 0 saturated carbocycles. The molecule has 1 fully saturated rings. The Morgan fingerprint density at radius 1 is 1.06 bits per heavy atom. The minimum atomic E-state index is -1.52. The molecular weight excluding hydrogens is 430 g/mol. The Labute approximate surface area is 196 Å². The molecule has 0 spiro atoms. The van der Waals surface area contributed by atoms with E-state index in [-0.39, 0.29) is 24.3 Å². The normalized spacial score (nSPS) is 19.1. The van der Waals surface area contributed by atoms with Gasteiger partial charge in [-0.3, -0.25) is 9.59 Å². The fraction of sp³-hybridized carbons (Fsp3) is 0.826. The zero-order valence-corrected chi connectivity index (χ0v) is 21.1. The van der Waals surface area contributed by atoms with Crippen molar-refractivity contribution in [3.05, 3.63) is 0 Å². The molecule has 2 unspecified atom stereocenters. The summed E-state index contributed by atoms with van der Waals surface area (Å²) in [5.41, 5.74) is -0.712. The molecule has 10 heteroatoms. The Bertz CT molecular complexity index is 703. The molecule has 1 heterocycles. The van der Waals surface area contributed by atoms with Crippen molar-refractivity contribution in [2.75, 3.05) is 13.2 Å². The lowest BCUT2D eigenvalue weighted by Gasteiger charge is -2.33. The van der Waals surface area contributed by atoms with Crippen molar-refractivity contribution in [3.8, 4) is 0 Å². The number of ether oxygens (including phenoxy) is 2. The van der Waals surface area contributed by atoms with Gasteiger partial charge < -0.3 is 30.1 Å². The number of nitrogens with one attached hydrogen (secondary N) is 2. The van der Waals surface area contributed by atoms with E-state index in [2.05, 4.69) is 10.6 Å². The Balaban J connectivity index is 2.96. The van der Waals surface area contributed by atoms with Crippen LogP contribution in [-0.4, -0.2) is 76.9 Å². The number of aliphatic hydroxyl groups is 1. The van der Waals surface area contributed by atoms with Gasteiger partial charge >= 0.3 is 12.1 Å². The van der Waals surface area contributed by atoms with E-state index in [1.807, 2.05) is 0 Å². The number of likely N-dealkylation sites (tertiary alicyclic amines) is 1. The number of rotatable bonds is 9. The van der Waals surface area contributed by atoms with Gasteiger partial charge in [-0.2, -0.15) is 0 Å². The van der Waals surface area contributed by atoms with E-state index in [0.717, 1.165) is 0 Å². The van der Waals surface area contributed by atoms with E-state index in [1.165, 1.54) is 4.90 Å². The van der Waals surface area contributed by atoms with Gasteiger partial charge in [-0.15, -0.1) is 0 Å². The molecule has 1 aliphatic heterocycles. The summed E-state index contributed by atoms with van der Waals surface area (Å²) in [6.07, 6.45) is -1.16. The van der Waals surface area contributed by atoms with Gasteiger partial charge in [0.1, 0.15) is 17.7 Å². The maximum Gasteiger partial charge on any atom is 0.408 e. The van der Waals surface area contributed by atoms with Crippen molar-refractivity contribution in [3.63, 3.8) is 0 Å². The van der Waals surface area contributed by atoms with Crippen molar-refractivity contribution in [2.45, 2.75) is 98.1 Å². The molecule has 3 N–H and O–H groups in total. The maximum atomic E-state index is 13.3. The van der Waals surface area contributed by atoms with E-state index in [1.54, 1.807) is 55.4 Å². The van der Waals surface area contributed by atoms with Crippen molar-refractivity contribution in [1.82, 2.24) is 15.5 Å². The first kappa shape index (κ1) is 28.7. The SMILES string of the molecule is CCOC(=O)C(O)C(NC(=O)[C@@H]1CCCN1C(=O)[C@@H](NC(=O)OC(C)(C)C)C(C)C)C(C)C. The smallest absolute Gasteiger partial charge is 0.408 e. The second kappa shape index (κ2) is 12.2. The van der Waals surface area contributed by atoms with E-state index in [9.17, 15) is 24.3 Å². The molecule has 4 atom stereocenters. The van der Waals surface area contributed by atoms with Crippen LogP contribution in [0.2, 0.25) is 0 Å². The van der Waals surface area contributed by atoms with Crippen LogP contribution in [0.15, 0.2) is 0 Å². The highest BCUT2D eigenvalue weighted by Crippen LogP contribution is 2.22. The summed E-state index contributed by atoms with van der Waals surface area (Å²) in [6, 6.07) is -2.50. The van der Waals surface area contributed by atoms with E-state index < -0.39 is 47.8 Å². The number of amides is 3. The van der Waals surface area contributed by atoms with Gasteiger partial charge in [0.15, 0.2) is 6.10 Å². The lowest BCUT2D eigenvalue weighted by atomic mass is 9.97. The van der Waals surface area contributed by atoms with Gasteiger partial charge in [0.25, 0.3) is 0 Å². The van der Waals surface area contributed by atoms with Crippen LogP contribution < -0.4 is 10.6 Å². The molecule has 10 nitrogen and oxygen atoms in total. The summed E-state index contributed by atoms with van der Waals surface area (Å²) in [5.74, 6) is -2.12. The number of alkyl carbamates (subject to hydrolysis) is 1. The summed E-state index contributed by atoms with van der Waals surface area (Å²) >= 11 is 0. The predicted octanol–water partition coefficient (Wildman–Crippen LogP) is 1.59. The average molecular weight is 472 g/mol. The van der Waals surface area contributed by atoms with Crippen molar-refractivity contribution in [2.24, 2.45) is 11.8 Å². The lowest BCUT2D eigenvalue weighted by Crippen LogP contribution is -2.58. The third-order valence-corrected chi connectivity index (χ3v) is 5.34. The molecule has 1 aliphatic rings. The Kier molecular flexibility index (Phi) is 10.6. The number of carbonyl (C=O) groups is 4. The van der Waals surface area contributed by atoms with Crippen LogP contribution >= 0.6 is 0 Å². The van der Waals surface area contributed by atoms with Crippen molar-refractivity contribution < 1.29 is 33.8 Å². The van der Waals surface area contributed by atoms with Crippen LogP contribution in [0, 0.1) is 11.8 Å². The quantitative estimate of drug-likeness (QED) is 0.435. The zero-order chi connectivity index (χ0) is 25.5. The maximum absolute atomic E-state index is 13.3. The number of carbonyl (C=O) groups excluding carboxylic acids is 4. The Morgan fingerprint density at radius 3 is 2.15 bits per heavy atom. The highest BCUT2D eigenvalue weighted by Gasteiger charge is 2.41. The van der Waals surface area contributed by atoms with E-state index in [0.29, 0.717) is 19.4 Å². The second-order valence-corrected chi connectivity index (χ2v) is 10.0. The first-order valence-corrected chi connectivity index (χ1v) is 11.6. The molecule has 1 rings (SSSR count). The van der Waals surface area contributed by atoms with Crippen LogP contribution in [-0.2, 0) is 23.9 Å². The number of hydrogen-bond acceptors (Lipinski definition) is 7. The summed E-state index contributed by atoms with van der Waals surface area (Å²) in [5, 5.41) is 15.7. The molecule has 0 aromatic rings. The minimum absolute atomic E-state index is 0.112. The highest BCUT2D eigenvalue weighted by atomic mass is 16.6. The number of hydrogen-bond donors (Lipinski definition) is 3. The van der Waals surface area contributed by atoms with Crippen LogP contribution in [0.5, 0.6) is 0 Å². The zero-order valence-electron chi connectivity index (χ0n) is 21.1. The fourth-order valence-corrected chi connectivity index (χ4v) is 3.67. The summed E-state index contributed by atoms with van der Waals surface area (Å²) in [4.78, 5) is 52.1. The summed E-state index contributed by atoms with van der Waals surface area (Å²) in [6.45, 7) is 14.4. The van der Waals surface area contributed by atoms with Gasteiger partial charge in [0.05, 0.1) is 12.6 Å². The first-order valence-electron chi connectivity index (χ1n) is 11.6. The number of aliphatic hydroxyl groups excluding tert-OH is 1. The largest absolute Gasteiger partial charge is 0.464 e. The van der Waals surface area contributed by atoms with Crippen molar-refractivity contribution >= 4 is 23.9 Å². The van der Waals surface area contributed by atoms with Gasteiger partial charge in [-0.25, -0.2) is 9.59 Å². The first-order chi connectivity index (χ1) is 15.2. The summed E-state index contributed by atoms with van der Waals surface area (Å²) in [7, 11) is 0.